The highest BCUT2D eigenvalue weighted by molar-refractivity contribution is 7.17. The van der Waals surface area contributed by atoms with Crippen molar-refractivity contribution < 1.29 is 14.3 Å². The van der Waals surface area contributed by atoms with Crippen molar-refractivity contribution >= 4 is 33.2 Å². The average molecular weight is 426 g/mol. The fourth-order valence-corrected chi connectivity index (χ4v) is 4.64. The van der Waals surface area contributed by atoms with Gasteiger partial charge in [0.05, 0.1) is 6.61 Å². The lowest BCUT2D eigenvalue weighted by atomic mass is 10.2. The maximum Gasteiger partial charge on any atom is 0.409 e. The molecular weight excluding hydrogens is 398 g/mol. The molecule has 2 aromatic carbocycles. The maximum atomic E-state index is 10.8. The second-order valence-electron chi connectivity index (χ2n) is 7.39. The summed E-state index contributed by atoms with van der Waals surface area (Å²) in [5.74, 6) is 1.08. The van der Waals surface area contributed by atoms with Gasteiger partial charge in [-0.25, -0.2) is 4.79 Å². The van der Waals surface area contributed by atoms with E-state index >= 15 is 0 Å². The first-order valence-electron chi connectivity index (χ1n) is 10.3. The Balaban J connectivity index is 1.16. The third-order valence-electron chi connectivity index (χ3n) is 5.35. The normalized spacial score (nSPS) is 14.7. The zero-order chi connectivity index (χ0) is 20.8. The van der Waals surface area contributed by atoms with E-state index in [-0.39, 0.29) is 0 Å². The lowest BCUT2D eigenvalue weighted by Crippen LogP contribution is -2.46. The van der Waals surface area contributed by atoms with E-state index in [4.69, 9.17) is 15.2 Å². The van der Waals surface area contributed by atoms with Crippen molar-refractivity contribution in [3.05, 3.63) is 53.9 Å². The second-order valence-corrected chi connectivity index (χ2v) is 8.34. The Kier molecular flexibility index (Phi) is 6.71. The fourth-order valence-electron chi connectivity index (χ4n) is 3.84. The fraction of sp³-hybridized carbons (Fsp3) is 0.348. The third-order valence-corrected chi connectivity index (χ3v) is 6.23. The minimum atomic E-state index is -0.820. The molecule has 0 bridgehead atoms. The van der Waals surface area contributed by atoms with Crippen LogP contribution in [-0.2, 0) is 0 Å². The quantitative estimate of drug-likeness (QED) is 0.544. The van der Waals surface area contributed by atoms with Gasteiger partial charge in [0.25, 0.3) is 0 Å². The Morgan fingerprint density at radius 2 is 1.80 bits per heavy atom. The highest BCUT2D eigenvalue weighted by Gasteiger charge is 2.18. The molecule has 2 N–H and O–H groups in total. The molecule has 4 rings (SSSR count). The number of piperazine rings is 1. The molecule has 6 nitrogen and oxygen atoms in total. The van der Waals surface area contributed by atoms with Crippen LogP contribution in [0.5, 0.6) is 11.5 Å². The number of benzene rings is 2. The van der Waals surface area contributed by atoms with Crippen LogP contribution in [0.15, 0.2) is 53.9 Å². The molecule has 0 aliphatic carbocycles. The third kappa shape index (κ3) is 5.23. The molecule has 30 heavy (non-hydrogen) atoms. The number of nitrogens with two attached hydrogens (primary N) is 1. The number of rotatable bonds is 8. The summed E-state index contributed by atoms with van der Waals surface area (Å²) in [6, 6.07) is 15.8. The summed E-state index contributed by atoms with van der Waals surface area (Å²) in [5, 5.41) is 3.55. The van der Waals surface area contributed by atoms with Crippen molar-refractivity contribution in [1.82, 2.24) is 4.90 Å². The van der Waals surface area contributed by atoms with E-state index in [1.165, 1.54) is 15.8 Å². The monoisotopic (exact) mass is 425 g/mol. The first-order valence-corrected chi connectivity index (χ1v) is 11.2. The zero-order valence-corrected chi connectivity index (χ0v) is 17.8. The van der Waals surface area contributed by atoms with Gasteiger partial charge in [-0.3, -0.25) is 4.90 Å². The van der Waals surface area contributed by atoms with Gasteiger partial charge in [-0.1, -0.05) is 12.1 Å². The lowest BCUT2D eigenvalue weighted by Gasteiger charge is -2.36. The molecule has 158 valence electrons. The highest BCUT2D eigenvalue weighted by Crippen LogP contribution is 2.31. The van der Waals surface area contributed by atoms with Crippen molar-refractivity contribution in [3.8, 4) is 11.5 Å². The summed E-state index contributed by atoms with van der Waals surface area (Å²) in [4.78, 5) is 15.9. The minimum absolute atomic E-state index is 0.399. The number of hydrogen-bond acceptors (Lipinski definition) is 6. The van der Waals surface area contributed by atoms with Gasteiger partial charge in [-0.05, 0) is 55.1 Å². The predicted molar refractivity (Wildman–Crippen MR) is 122 cm³/mol. The molecule has 0 spiro atoms. The Morgan fingerprint density at radius 3 is 2.63 bits per heavy atom. The standard InChI is InChI=1S/C23H27N3O3S/c24-23(27)29-19-6-3-5-18(17-19)28-15-2-1-10-25-11-13-26(14-12-25)21-7-4-8-22-20(21)9-16-30-22/h3-9,16-17H,1-2,10-15H2,(H2,24,27). The summed E-state index contributed by atoms with van der Waals surface area (Å²) in [7, 11) is 0. The van der Waals surface area contributed by atoms with Crippen LogP contribution in [-0.4, -0.2) is 50.3 Å². The maximum absolute atomic E-state index is 10.8. The summed E-state index contributed by atoms with van der Waals surface area (Å²) in [6.07, 6.45) is 1.26. The summed E-state index contributed by atoms with van der Waals surface area (Å²) >= 11 is 1.81. The molecule has 1 aliphatic rings. The number of hydrogen-bond donors (Lipinski definition) is 1. The van der Waals surface area contributed by atoms with Crippen LogP contribution in [0.25, 0.3) is 10.1 Å². The Labute approximate surface area is 180 Å². The van der Waals surface area contributed by atoms with Crippen molar-refractivity contribution in [1.29, 1.82) is 0 Å². The van der Waals surface area contributed by atoms with Gasteiger partial charge < -0.3 is 20.1 Å². The molecule has 0 saturated carbocycles. The molecule has 0 atom stereocenters. The van der Waals surface area contributed by atoms with E-state index in [1.807, 2.05) is 6.07 Å². The largest absolute Gasteiger partial charge is 0.493 e. The molecule has 7 heteroatoms. The van der Waals surface area contributed by atoms with Crippen LogP contribution in [0.3, 0.4) is 0 Å². The first kappa shape index (κ1) is 20.5. The molecule has 1 fully saturated rings. The van der Waals surface area contributed by atoms with Gasteiger partial charge in [0, 0.05) is 48.0 Å². The Morgan fingerprint density at radius 1 is 1.00 bits per heavy atom. The SMILES string of the molecule is NC(=O)Oc1cccc(OCCCCN2CCN(c3cccc4sccc34)CC2)c1. The highest BCUT2D eigenvalue weighted by atomic mass is 32.1. The summed E-state index contributed by atoms with van der Waals surface area (Å²) < 4.78 is 12.0. The number of carbonyl (C=O) groups is 1. The predicted octanol–water partition coefficient (Wildman–Crippen LogP) is 4.34. The molecule has 0 unspecified atom stereocenters. The van der Waals surface area contributed by atoms with Gasteiger partial charge in [0.1, 0.15) is 11.5 Å². The van der Waals surface area contributed by atoms with Gasteiger partial charge in [-0.2, -0.15) is 0 Å². The number of amides is 1. The summed E-state index contributed by atoms with van der Waals surface area (Å²) in [5.41, 5.74) is 6.40. The Bertz CT molecular complexity index is 982. The lowest BCUT2D eigenvalue weighted by molar-refractivity contribution is 0.210. The molecule has 1 aliphatic heterocycles. The van der Waals surface area contributed by atoms with Crippen LogP contribution in [0.2, 0.25) is 0 Å². The zero-order valence-electron chi connectivity index (χ0n) is 17.0. The second kappa shape index (κ2) is 9.82. The van der Waals surface area contributed by atoms with E-state index in [9.17, 15) is 4.79 Å². The smallest absolute Gasteiger partial charge is 0.409 e. The number of thiophene rings is 1. The van der Waals surface area contributed by atoms with Gasteiger partial charge >= 0.3 is 6.09 Å². The topological polar surface area (TPSA) is 68.0 Å². The minimum Gasteiger partial charge on any atom is -0.493 e. The van der Waals surface area contributed by atoms with E-state index in [1.54, 1.807) is 29.5 Å². The van der Waals surface area contributed by atoms with E-state index in [0.29, 0.717) is 18.1 Å². The number of anilines is 1. The Hall–Kier alpha value is -2.77. The van der Waals surface area contributed by atoms with Crippen molar-refractivity contribution in [2.24, 2.45) is 5.73 Å². The number of ether oxygens (including phenoxy) is 2. The van der Waals surface area contributed by atoms with Crippen LogP contribution in [0.1, 0.15) is 12.8 Å². The first-order chi connectivity index (χ1) is 14.7. The molecular formula is C23H27N3O3S. The van der Waals surface area contributed by atoms with E-state index < -0.39 is 6.09 Å². The van der Waals surface area contributed by atoms with Crippen LogP contribution in [0, 0.1) is 0 Å². The number of carbonyl (C=O) groups excluding carboxylic acids is 1. The van der Waals surface area contributed by atoms with Crippen molar-refractivity contribution in [2.75, 3.05) is 44.2 Å². The number of fused-ring (bicyclic) bond motifs is 1. The van der Waals surface area contributed by atoms with E-state index in [2.05, 4.69) is 39.4 Å². The average Bonchev–Trinajstić information content (AvgIpc) is 3.23. The van der Waals surface area contributed by atoms with Crippen LogP contribution < -0.4 is 20.1 Å². The van der Waals surface area contributed by atoms with Crippen LogP contribution >= 0.6 is 11.3 Å². The molecule has 1 aromatic heterocycles. The number of primary amides is 1. The van der Waals surface area contributed by atoms with Crippen molar-refractivity contribution in [3.63, 3.8) is 0 Å². The molecule has 2 heterocycles. The van der Waals surface area contributed by atoms with Gasteiger partial charge in [-0.15, -0.1) is 11.3 Å². The van der Waals surface area contributed by atoms with Gasteiger partial charge in [0.2, 0.25) is 0 Å². The number of nitrogens with zero attached hydrogens (tertiary/aromatic N) is 2. The molecule has 0 radical (unpaired) electrons. The number of unbranched alkanes of at least 4 members (excludes halogenated alkanes) is 1. The summed E-state index contributed by atoms with van der Waals surface area (Å²) in [6.45, 7) is 6.04. The molecule has 3 aromatic rings. The van der Waals surface area contributed by atoms with Gasteiger partial charge in [0.15, 0.2) is 0 Å². The molecule has 1 saturated heterocycles. The molecule has 1 amide bonds. The van der Waals surface area contributed by atoms with Crippen LogP contribution in [0.4, 0.5) is 10.5 Å². The van der Waals surface area contributed by atoms with Crippen molar-refractivity contribution in [2.45, 2.75) is 12.8 Å². The van der Waals surface area contributed by atoms with E-state index in [0.717, 1.165) is 45.6 Å².